The zero-order valence-electron chi connectivity index (χ0n) is 42.2. The summed E-state index contributed by atoms with van der Waals surface area (Å²) < 4.78 is 7.65. The summed E-state index contributed by atoms with van der Waals surface area (Å²) in [5.41, 5.74) is 18.6. The molecule has 0 N–H and O–H groups in total. The van der Waals surface area contributed by atoms with Crippen LogP contribution in [0.4, 0.5) is 17.1 Å². The minimum atomic E-state index is -0.492. The number of para-hydroxylation sites is 1. The molecule has 13 aromatic rings. The molecule has 0 radical (unpaired) electrons. The van der Waals surface area contributed by atoms with Crippen LogP contribution in [0.2, 0.25) is 0 Å². The van der Waals surface area contributed by atoms with Crippen molar-refractivity contribution in [2.45, 2.75) is 5.41 Å². The molecule has 364 valence electrons. The highest BCUT2D eigenvalue weighted by Gasteiger charge is 2.46. The maximum atomic E-state index is 5.48. The molecule has 2 aromatic heterocycles. The molecule has 0 amide bonds. The molecule has 0 fully saturated rings. The second-order valence-electron chi connectivity index (χ2n) is 19.5. The molecule has 1 aliphatic carbocycles. The van der Waals surface area contributed by atoms with E-state index in [9.17, 15) is 0 Å². The van der Waals surface area contributed by atoms with Crippen LogP contribution in [0.5, 0.6) is 5.75 Å². The Bertz CT molecular complexity index is 4180. The summed E-state index contributed by atoms with van der Waals surface area (Å²) in [6.07, 6.45) is 0. The standard InChI is InChI=1S/C71H49N5O/c1-77-59-42-34-49(35-43-59)48-30-37-56(38-31-48)75(58-41-44-65-62(47-58)60-26-14-16-28-64(60)71(65,54-22-10-4-11-23-54)55-24-12-5-13-25-55)57-39-32-50(33-40-57)53-36-45-67-63(46-53)61-27-15-17-29-66(61)76(67)70-73-68(51-18-6-2-7-19-51)72-69(74-70)52-20-8-3-9-21-52/h2-47H,1H3. The molecule has 11 aromatic carbocycles. The van der Waals surface area contributed by atoms with Gasteiger partial charge in [0.25, 0.3) is 0 Å². The Kier molecular flexibility index (Phi) is 11.2. The van der Waals surface area contributed by atoms with Crippen LogP contribution in [-0.4, -0.2) is 26.6 Å². The van der Waals surface area contributed by atoms with Crippen molar-refractivity contribution in [1.82, 2.24) is 19.5 Å². The molecule has 0 unspecified atom stereocenters. The predicted octanol–water partition coefficient (Wildman–Crippen LogP) is 17.5. The summed E-state index contributed by atoms with van der Waals surface area (Å²) in [6, 6.07) is 99.6. The second-order valence-corrected chi connectivity index (χ2v) is 19.5. The average molecular weight is 988 g/mol. The number of methoxy groups -OCH3 is 1. The highest BCUT2D eigenvalue weighted by molar-refractivity contribution is 6.10. The van der Waals surface area contributed by atoms with Crippen molar-refractivity contribution in [2.24, 2.45) is 0 Å². The first-order valence-corrected chi connectivity index (χ1v) is 26.0. The van der Waals surface area contributed by atoms with E-state index in [1.54, 1.807) is 7.11 Å². The Labute approximate surface area is 447 Å². The molecule has 0 bridgehead atoms. The molecule has 2 heterocycles. The van der Waals surface area contributed by atoms with Crippen LogP contribution in [0.3, 0.4) is 0 Å². The van der Waals surface area contributed by atoms with Gasteiger partial charge in [0.2, 0.25) is 5.95 Å². The molecule has 6 heteroatoms. The van der Waals surface area contributed by atoms with Gasteiger partial charge in [0.15, 0.2) is 11.6 Å². The number of rotatable bonds is 11. The smallest absolute Gasteiger partial charge is 0.238 e. The Balaban J connectivity index is 0.887. The normalized spacial score (nSPS) is 12.3. The van der Waals surface area contributed by atoms with Crippen LogP contribution >= 0.6 is 0 Å². The molecule has 77 heavy (non-hydrogen) atoms. The molecular formula is C71H49N5O. The minimum Gasteiger partial charge on any atom is -0.497 e. The average Bonchev–Trinajstić information content (AvgIpc) is 4.13. The Morgan fingerprint density at radius 1 is 0.351 bits per heavy atom. The third kappa shape index (κ3) is 7.77. The lowest BCUT2D eigenvalue weighted by Gasteiger charge is -2.34. The summed E-state index contributed by atoms with van der Waals surface area (Å²) in [5.74, 6) is 2.65. The van der Waals surface area contributed by atoms with Crippen LogP contribution in [0.25, 0.3) is 83.9 Å². The molecule has 14 rings (SSSR count). The number of nitrogens with zero attached hydrogens (tertiary/aromatic N) is 5. The first-order valence-electron chi connectivity index (χ1n) is 26.0. The van der Waals surface area contributed by atoms with Gasteiger partial charge in [-0.05, 0) is 122 Å². The number of anilines is 3. The number of hydrogen-bond donors (Lipinski definition) is 0. The molecule has 1 aliphatic rings. The first kappa shape index (κ1) is 45.4. The maximum Gasteiger partial charge on any atom is 0.238 e. The van der Waals surface area contributed by atoms with Crippen LogP contribution in [-0.2, 0) is 5.41 Å². The number of hydrogen-bond acceptors (Lipinski definition) is 5. The fourth-order valence-corrected chi connectivity index (χ4v) is 11.7. The van der Waals surface area contributed by atoms with Crippen molar-refractivity contribution in [3.05, 3.63) is 301 Å². The van der Waals surface area contributed by atoms with E-state index < -0.39 is 5.41 Å². The van der Waals surface area contributed by atoms with Gasteiger partial charge in [-0.3, -0.25) is 4.57 Å². The topological polar surface area (TPSA) is 56.1 Å². The third-order valence-electron chi connectivity index (χ3n) is 15.3. The fraction of sp³-hybridized carbons (Fsp3) is 0.0282. The van der Waals surface area contributed by atoms with Crippen molar-refractivity contribution in [3.8, 4) is 67.9 Å². The van der Waals surface area contributed by atoms with Crippen LogP contribution in [0.15, 0.2) is 279 Å². The lowest BCUT2D eigenvalue weighted by atomic mass is 9.68. The summed E-state index contributed by atoms with van der Waals surface area (Å²) >= 11 is 0. The second kappa shape index (κ2) is 19.0. The van der Waals surface area contributed by atoms with Crippen LogP contribution in [0.1, 0.15) is 22.3 Å². The Hall–Kier alpha value is -10.2. The van der Waals surface area contributed by atoms with E-state index in [0.717, 1.165) is 78.0 Å². The molecule has 0 aliphatic heterocycles. The van der Waals surface area contributed by atoms with Crippen molar-refractivity contribution >= 4 is 38.9 Å². The van der Waals surface area contributed by atoms with Crippen molar-refractivity contribution in [3.63, 3.8) is 0 Å². The number of fused-ring (bicyclic) bond motifs is 6. The molecule has 0 atom stereocenters. The summed E-state index contributed by atoms with van der Waals surface area (Å²) in [5, 5.41) is 2.24. The predicted molar refractivity (Wildman–Crippen MR) is 314 cm³/mol. The van der Waals surface area contributed by atoms with Crippen molar-refractivity contribution < 1.29 is 4.74 Å². The van der Waals surface area contributed by atoms with E-state index in [-0.39, 0.29) is 0 Å². The molecule has 0 spiro atoms. The fourth-order valence-electron chi connectivity index (χ4n) is 11.7. The maximum absolute atomic E-state index is 5.48. The van der Waals surface area contributed by atoms with Gasteiger partial charge in [-0.1, -0.05) is 212 Å². The van der Waals surface area contributed by atoms with Gasteiger partial charge in [0.05, 0.1) is 23.6 Å². The lowest BCUT2D eigenvalue weighted by Crippen LogP contribution is -2.28. The van der Waals surface area contributed by atoms with E-state index in [1.807, 2.05) is 72.8 Å². The Morgan fingerprint density at radius 3 is 1.42 bits per heavy atom. The first-order chi connectivity index (χ1) is 38.1. The van der Waals surface area contributed by atoms with Gasteiger partial charge >= 0.3 is 0 Å². The van der Waals surface area contributed by atoms with Gasteiger partial charge in [0.1, 0.15) is 5.75 Å². The van der Waals surface area contributed by atoms with Crippen molar-refractivity contribution in [2.75, 3.05) is 12.0 Å². The molecule has 0 saturated carbocycles. The largest absolute Gasteiger partial charge is 0.497 e. The van der Waals surface area contributed by atoms with E-state index in [1.165, 1.54) is 33.4 Å². The zero-order chi connectivity index (χ0) is 51.3. The van der Waals surface area contributed by atoms with Gasteiger partial charge in [-0.15, -0.1) is 0 Å². The quantitative estimate of drug-likeness (QED) is 0.129. The minimum absolute atomic E-state index is 0.492. The van der Waals surface area contributed by atoms with Crippen LogP contribution in [0, 0.1) is 0 Å². The van der Waals surface area contributed by atoms with Gasteiger partial charge < -0.3 is 9.64 Å². The number of ether oxygens (including phenoxy) is 1. The van der Waals surface area contributed by atoms with Gasteiger partial charge in [0, 0.05) is 39.0 Å². The van der Waals surface area contributed by atoms with Crippen LogP contribution < -0.4 is 9.64 Å². The molecular weight excluding hydrogens is 939 g/mol. The van der Waals surface area contributed by atoms with Gasteiger partial charge in [-0.25, -0.2) is 4.98 Å². The highest BCUT2D eigenvalue weighted by atomic mass is 16.5. The molecule has 0 saturated heterocycles. The van der Waals surface area contributed by atoms with Gasteiger partial charge in [-0.2, -0.15) is 9.97 Å². The summed E-state index contributed by atoms with van der Waals surface area (Å²) in [4.78, 5) is 17.7. The van der Waals surface area contributed by atoms with E-state index in [2.05, 4.69) is 216 Å². The highest BCUT2D eigenvalue weighted by Crippen LogP contribution is 2.57. The van der Waals surface area contributed by atoms with E-state index in [0.29, 0.717) is 17.6 Å². The van der Waals surface area contributed by atoms with E-state index in [4.69, 9.17) is 19.7 Å². The van der Waals surface area contributed by atoms with E-state index >= 15 is 0 Å². The number of benzene rings is 11. The number of aromatic nitrogens is 4. The lowest BCUT2D eigenvalue weighted by molar-refractivity contribution is 0.415. The van der Waals surface area contributed by atoms with Crippen molar-refractivity contribution in [1.29, 1.82) is 0 Å². The monoisotopic (exact) mass is 987 g/mol. The summed E-state index contributed by atoms with van der Waals surface area (Å²) in [6.45, 7) is 0. The third-order valence-corrected chi connectivity index (χ3v) is 15.3. The molecule has 6 nitrogen and oxygen atoms in total. The Morgan fingerprint density at radius 2 is 0.818 bits per heavy atom. The zero-order valence-corrected chi connectivity index (χ0v) is 42.2. The summed E-state index contributed by atoms with van der Waals surface area (Å²) in [7, 11) is 1.70. The SMILES string of the molecule is COc1ccc(-c2ccc(N(c3ccc(-c4ccc5c(c4)c4ccccc4n5-c4nc(-c5ccccc5)nc(-c5ccccc5)n4)cc3)c3ccc4c(c3)-c3ccccc3C4(c3ccccc3)c3ccccc3)cc2)cc1.